The van der Waals surface area contributed by atoms with Gasteiger partial charge in [0.2, 0.25) is 0 Å². The molecule has 0 saturated heterocycles. The van der Waals surface area contributed by atoms with Crippen LogP contribution in [0.3, 0.4) is 0 Å². The molecule has 1 saturated carbocycles. The predicted molar refractivity (Wildman–Crippen MR) is 70.5 cm³/mol. The number of hydrogen-bond donors (Lipinski definition) is 2. The Morgan fingerprint density at radius 3 is 2.28 bits per heavy atom. The highest BCUT2D eigenvalue weighted by atomic mass is 19.1. The lowest BCUT2D eigenvalue weighted by Crippen LogP contribution is -2.49. The summed E-state index contributed by atoms with van der Waals surface area (Å²) in [6.07, 6.45) is 5.30. The zero-order chi connectivity index (χ0) is 13.2. The quantitative estimate of drug-likeness (QED) is 0.867. The first-order chi connectivity index (χ1) is 8.52. The van der Waals surface area contributed by atoms with Crippen molar-refractivity contribution >= 4 is 0 Å². The first-order valence-electron chi connectivity index (χ1n) is 6.70. The van der Waals surface area contributed by atoms with Crippen LogP contribution in [0.2, 0.25) is 0 Å². The third-order valence-corrected chi connectivity index (χ3v) is 4.64. The first kappa shape index (κ1) is 13.5. The van der Waals surface area contributed by atoms with Gasteiger partial charge in [0.1, 0.15) is 5.82 Å². The van der Waals surface area contributed by atoms with Crippen LogP contribution < -0.4 is 5.73 Å². The highest BCUT2D eigenvalue weighted by Crippen LogP contribution is 2.49. The van der Waals surface area contributed by atoms with Gasteiger partial charge in [0.05, 0.1) is 5.60 Å². The predicted octanol–water partition coefficient (Wildman–Crippen LogP) is 2.94. The standard InChI is InChI=1S/C15H22FNO/c1-14(18,12-5-7-13(16)8-6-12)15(11-17)9-3-2-4-10-15/h5-8,18H,2-4,9-11,17H2,1H3. The second kappa shape index (κ2) is 4.98. The lowest BCUT2D eigenvalue weighted by molar-refractivity contribution is -0.0919. The third-order valence-electron chi connectivity index (χ3n) is 4.64. The molecule has 18 heavy (non-hydrogen) atoms. The van der Waals surface area contributed by atoms with Crippen molar-refractivity contribution in [3.05, 3.63) is 35.6 Å². The van der Waals surface area contributed by atoms with Crippen molar-refractivity contribution in [1.82, 2.24) is 0 Å². The molecule has 0 spiro atoms. The van der Waals surface area contributed by atoms with Gasteiger partial charge in [-0.15, -0.1) is 0 Å². The van der Waals surface area contributed by atoms with Crippen molar-refractivity contribution < 1.29 is 9.50 Å². The molecule has 1 aromatic rings. The lowest BCUT2D eigenvalue weighted by Gasteiger charge is -2.47. The molecule has 1 unspecified atom stereocenters. The zero-order valence-electron chi connectivity index (χ0n) is 11.0. The molecule has 1 aliphatic carbocycles. The average Bonchev–Trinajstić information content (AvgIpc) is 2.40. The Morgan fingerprint density at radius 2 is 1.78 bits per heavy atom. The van der Waals surface area contributed by atoms with Gasteiger partial charge in [0, 0.05) is 12.0 Å². The van der Waals surface area contributed by atoms with Gasteiger partial charge in [0.15, 0.2) is 0 Å². The Labute approximate surface area is 108 Å². The Hall–Kier alpha value is -0.930. The van der Waals surface area contributed by atoms with Crippen molar-refractivity contribution in [1.29, 1.82) is 0 Å². The largest absolute Gasteiger partial charge is 0.385 e. The Balaban J connectivity index is 2.35. The molecule has 0 aliphatic heterocycles. The van der Waals surface area contributed by atoms with Gasteiger partial charge < -0.3 is 10.8 Å². The maximum atomic E-state index is 13.0. The van der Waals surface area contributed by atoms with E-state index < -0.39 is 5.60 Å². The SMILES string of the molecule is CC(O)(c1ccc(F)cc1)C1(CN)CCCCC1. The summed E-state index contributed by atoms with van der Waals surface area (Å²) in [6, 6.07) is 6.14. The van der Waals surface area contributed by atoms with Crippen LogP contribution in [0.25, 0.3) is 0 Å². The van der Waals surface area contributed by atoms with E-state index in [4.69, 9.17) is 5.73 Å². The number of nitrogens with two attached hydrogens (primary N) is 1. The monoisotopic (exact) mass is 251 g/mol. The first-order valence-corrected chi connectivity index (χ1v) is 6.70. The normalized spacial score (nSPS) is 22.4. The molecule has 1 aromatic carbocycles. The summed E-state index contributed by atoms with van der Waals surface area (Å²) in [7, 11) is 0. The van der Waals surface area contributed by atoms with Crippen LogP contribution in [-0.4, -0.2) is 11.7 Å². The smallest absolute Gasteiger partial charge is 0.123 e. The van der Waals surface area contributed by atoms with Crippen LogP contribution >= 0.6 is 0 Å². The van der Waals surface area contributed by atoms with E-state index in [1.165, 1.54) is 18.6 Å². The maximum absolute atomic E-state index is 13.0. The van der Waals surface area contributed by atoms with Crippen LogP contribution in [-0.2, 0) is 5.60 Å². The van der Waals surface area contributed by atoms with E-state index in [9.17, 15) is 9.50 Å². The minimum Gasteiger partial charge on any atom is -0.385 e. The van der Waals surface area contributed by atoms with Gasteiger partial charge in [-0.2, -0.15) is 0 Å². The van der Waals surface area contributed by atoms with Crippen LogP contribution in [0.4, 0.5) is 4.39 Å². The van der Waals surface area contributed by atoms with Gasteiger partial charge in [0.25, 0.3) is 0 Å². The fraction of sp³-hybridized carbons (Fsp3) is 0.600. The highest BCUT2D eigenvalue weighted by molar-refractivity contribution is 5.25. The van der Waals surface area contributed by atoms with Crippen molar-refractivity contribution in [3.8, 4) is 0 Å². The van der Waals surface area contributed by atoms with Crippen molar-refractivity contribution in [2.45, 2.75) is 44.6 Å². The minimum atomic E-state index is -0.990. The third kappa shape index (κ3) is 2.17. The van der Waals surface area contributed by atoms with Crippen LogP contribution in [0.15, 0.2) is 24.3 Å². The van der Waals surface area contributed by atoms with E-state index in [2.05, 4.69) is 0 Å². The van der Waals surface area contributed by atoms with Crippen molar-refractivity contribution in [2.75, 3.05) is 6.54 Å². The lowest BCUT2D eigenvalue weighted by atomic mass is 9.61. The topological polar surface area (TPSA) is 46.2 Å². The van der Waals surface area contributed by atoms with Gasteiger partial charge in [-0.05, 0) is 37.5 Å². The zero-order valence-corrected chi connectivity index (χ0v) is 11.0. The molecular weight excluding hydrogens is 229 g/mol. The summed E-state index contributed by atoms with van der Waals surface area (Å²) in [5, 5.41) is 10.9. The van der Waals surface area contributed by atoms with Crippen molar-refractivity contribution in [2.24, 2.45) is 11.1 Å². The minimum absolute atomic E-state index is 0.275. The average molecular weight is 251 g/mol. The Kier molecular flexibility index (Phi) is 3.74. The molecule has 0 heterocycles. The molecule has 100 valence electrons. The summed E-state index contributed by atoms with van der Waals surface area (Å²) >= 11 is 0. The number of hydrogen-bond acceptors (Lipinski definition) is 2. The maximum Gasteiger partial charge on any atom is 0.123 e. The van der Waals surface area contributed by atoms with Gasteiger partial charge in [-0.25, -0.2) is 4.39 Å². The highest BCUT2D eigenvalue weighted by Gasteiger charge is 2.47. The number of benzene rings is 1. The molecule has 0 radical (unpaired) electrons. The molecule has 0 aromatic heterocycles. The summed E-state index contributed by atoms with van der Waals surface area (Å²) in [5.41, 5.74) is 5.45. The fourth-order valence-electron chi connectivity index (χ4n) is 3.20. The molecule has 2 nitrogen and oxygen atoms in total. The molecule has 0 bridgehead atoms. The van der Waals surface area contributed by atoms with E-state index in [-0.39, 0.29) is 11.2 Å². The summed E-state index contributed by atoms with van der Waals surface area (Å²) in [6.45, 7) is 2.29. The molecule has 1 atom stereocenters. The molecule has 1 aliphatic rings. The van der Waals surface area contributed by atoms with E-state index in [1.54, 1.807) is 12.1 Å². The number of rotatable bonds is 3. The summed E-state index contributed by atoms with van der Waals surface area (Å²) in [4.78, 5) is 0. The Bertz CT molecular complexity index is 393. The molecule has 2 rings (SSSR count). The molecule has 1 fully saturated rings. The van der Waals surface area contributed by atoms with Gasteiger partial charge in [-0.1, -0.05) is 31.4 Å². The van der Waals surface area contributed by atoms with Gasteiger partial charge >= 0.3 is 0 Å². The summed E-state index contributed by atoms with van der Waals surface area (Å²) < 4.78 is 13.0. The Morgan fingerprint density at radius 1 is 1.22 bits per heavy atom. The fourth-order valence-corrected chi connectivity index (χ4v) is 3.20. The second-order valence-electron chi connectivity index (χ2n) is 5.62. The summed E-state index contributed by atoms with van der Waals surface area (Å²) in [5.74, 6) is -0.278. The number of aliphatic hydroxyl groups is 1. The van der Waals surface area contributed by atoms with Crippen molar-refractivity contribution in [3.63, 3.8) is 0 Å². The molecule has 3 heteroatoms. The van der Waals surface area contributed by atoms with E-state index in [1.807, 2.05) is 6.92 Å². The molecule has 3 N–H and O–H groups in total. The molecular formula is C15H22FNO. The van der Waals surface area contributed by atoms with Crippen LogP contribution in [0.1, 0.15) is 44.6 Å². The van der Waals surface area contributed by atoms with E-state index in [0.29, 0.717) is 6.54 Å². The van der Waals surface area contributed by atoms with E-state index in [0.717, 1.165) is 31.2 Å². The van der Waals surface area contributed by atoms with Gasteiger partial charge in [-0.3, -0.25) is 0 Å². The van der Waals surface area contributed by atoms with Crippen LogP contribution in [0.5, 0.6) is 0 Å². The van der Waals surface area contributed by atoms with E-state index >= 15 is 0 Å². The van der Waals surface area contributed by atoms with Crippen LogP contribution in [0, 0.1) is 11.2 Å². The second-order valence-corrected chi connectivity index (χ2v) is 5.62. The number of halogens is 1. The molecule has 0 amide bonds.